The molecule has 1 saturated heterocycles. The number of nitrogens with two attached hydrogens (primary N) is 1. The Labute approximate surface area is 92.4 Å². The molecule has 1 heterocycles. The Morgan fingerprint density at radius 2 is 2.00 bits per heavy atom. The number of carbonyl (C=O) groups excluding carboxylic acids is 1. The number of piperazine rings is 1. The van der Waals surface area contributed by atoms with Crippen LogP contribution in [0.3, 0.4) is 0 Å². The van der Waals surface area contributed by atoms with E-state index in [1.165, 1.54) is 0 Å². The maximum absolute atomic E-state index is 11.6. The van der Waals surface area contributed by atoms with Crippen LogP contribution in [0.5, 0.6) is 0 Å². The molecule has 4 heteroatoms. The van der Waals surface area contributed by atoms with Gasteiger partial charge in [-0.25, -0.2) is 0 Å². The summed E-state index contributed by atoms with van der Waals surface area (Å²) in [6.07, 6.45) is 2.13. The third-order valence-corrected chi connectivity index (χ3v) is 2.80. The largest absolute Gasteiger partial charge is 0.339 e. The van der Waals surface area contributed by atoms with Crippen molar-refractivity contribution < 1.29 is 4.79 Å². The van der Waals surface area contributed by atoms with Crippen LogP contribution in [0, 0.1) is 6.92 Å². The van der Waals surface area contributed by atoms with Crippen molar-refractivity contribution in [1.29, 1.82) is 0 Å². The molecule has 0 bridgehead atoms. The fourth-order valence-electron chi connectivity index (χ4n) is 1.82. The minimum atomic E-state index is -0.364. The van der Waals surface area contributed by atoms with E-state index in [0.717, 1.165) is 45.6 Å². The molecule has 1 radical (unpaired) electrons. The first-order valence-electron chi connectivity index (χ1n) is 5.71. The van der Waals surface area contributed by atoms with Gasteiger partial charge in [0, 0.05) is 26.2 Å². The molecule has 0 aromatic rings. The normalized spacial score (nSPS) is 20.3. The van der Waals surface area contributed by atoms with Crippen LogP contribution in [0.25, 0.3) is 0 Å². The van der Waals surface area contributed by atoms with Gasteiger partial charge in [-0.1, -0.05) is 13.3 Å². The fraction of sp³-hybridized carbons (Fsp3) is 0.818. The average molecular weight is 212 g/mol. The quantitative estimate of drug-likeness (QED) is 0.718. The highest BCUT2D eigenvalue weighted by Crippen LogP contribution is 2.04. The first-order valence-corrected chi connectivity index (χ1v) is 5.71. The van der Waals surface area contributed by atoms with E-state index in [1.54, 1.807) is 6.92 Å². The zero-order chi connectivity index (χ0) is 11.3. The zero-order valence-corrected chi connectivity index (χ0v) is 9.61. The second-order valence-electron chi connectivity index (χ2n) is 4.16. The third kappa shape index (κ3) is 3.80. The number of hydrogen-bond acceptors (Lipinski definition) is 3. The molecular weight excluding hydrogens is 190 g/mol. The van der Waals surface area contributed by atoms with Gasteiger partial charge in [-0.05, 0) is 19.9 Å². The van der Waals surface area contributed by atoms with Crippen molar-refractivity contribution in [3.05, 3.63) is 6.92 Å². The molecule has 4 nitrogen and oxygen atoms in total. The van der Waals surface area contributed by atoms with Crippen LogP contribution >= 0.6 is 0 Å². The molecule has 0 spiro atoms. The molecule has 1 fully saturated rings. The highest BCUT2D eigenvalue weighted by atomic mass is 16.2. The van der Waals surface area contributed by atoms with Gasteiger partial charge in [-0.15, -0.1) is 0 Å². The van der Waals surface area contributed by atoms with Gasteiger partial charge in [0.15, 0.2) is 0 Å². The van der Waals surface area contributed by atoms with E-state index in [4.69, 9.17) is 5.73 Å². The smallest absolute Gasteiger partial charge is 0.239 e. The maximum Gasteiger partial charge on any atom is 0.239 e. The Morgan fingerprint density at radius 1 is 1.40 bits per heavy atom. The van der Waals surface area contributed by atoms with Crippen molar-refractivity contribution >= 4 is 5.91 Å². The highest BCUT2D eigenvalue weighted by Gasteiger charge is 2.22. The van der Waals surface area contributed by atoms with Crippen LogP contribution in [0.4, 0.5) is 0 Å². The molecule has 0 aromatic carbocycles. The van der Waals surface area contributed by atoms with Gasteiger partial charge in [-0.3, -0.25) is 9.69 Å². The van der Waals surface area contributed by atoms with Crippen molar-refractivity contribution in [3.8, 4) is 0 Å². The van der Waals surface area contributed by atoms with Crippen molar-refractivity contribution in [2.24, 2.45) is 5.73 Å². The molecule has 0 aliphatic carbocycles. The summed E-state index contributed by atoms with van der Waals surface area (Å²) in [5.41, 5.74) is 5.57. The first kappa shape index (κ1) is 12.5. The van der Waals surface area contributed by atoms with E-state index in [2.05, 4.69) is 11.8 Å². The summed E-state index contributed by atoms with van der Waals surface area (Å²) in [5, 5.41) is 0. The van der Waals surface area contributed by atoms with Crippen molar-refractivity contribution in [3.63, 3.8) is 0 Å². The minimum Gasteiger partial charge on any atom is -0.339 e. The standard InChI is InChI=1S/C11H22N3O/c1-3-4-5-13-6-8-14(9-7-13)11(15)10(2)12/h10H,1,3-9,12H2,2H3/t10-/m0/s1. The van der Waals surface area contributed by atoms with Crippen LogP contribution in [0.2, 0.25) is 0 Å². The predicted octanol–water partition coefficient (Wildman–Crippen LogP) is 0.0921. The van der Waals surface area contributed by atoms with Crippen LogP contribution in [-0.4, -0.2) is 54.5 Å². The van der Waals surface area contributed by atoms with Gasteiger partial charge < -0.3 is 10.6 Å². The summed E-state index contributed by atoms with van der Waals surface area (Å²) < 4.78 is 0. The van der Waals surface area contributed by atoms with Gasteiger partial charge in [-0.2, -0.15) is 0 Å². The van der Waals surface area contributed by atoms with E-state index in [1.807, 2.05) is 4.90 Å². The number of amides is 1. The van der Waals surface area contributed by atoms with E-state index in [9.17, 15) is 4.79 Å². The molecule has 1 atom stereocenters. The van der Waals surface area contributed by atoms with E-state index >= 15 is 0 Å². The molecule has 1 amide bonds. The highest BCUT2D eigenvalue weighted by molar-refractivity contribution is 5.81. The summed E-state index contributed by atoms with van der Waals surface area (Å²) >= 11 is 0. The lowest BCUT2D eigenvalue weighted by atomic mass is 10.2. The summed E-state index contributed by atoms with van der Waals surface area (Å²) in [6.45, 7) is 10.3. The Hall–Kier alpha value is -0.610. The van der Waals surface area contributed by atoms with E-state index < -0.39 is 0 Å². The zero-order valence-electron chi connectivity index (χ0n) is 9.61. The molecule has 15 heavy (non-hydrogen) atoms. The number of hydrogen-bond donors (Lipinski definition) is 1. The minimum absolute atomic E-state index is 0.0757. The van der Waals surface area contributed by atoms with E-state index in [0.29, 0.717) is 0 Å². The molecule has 0 saturated carbocycles. The maximum atomic E-state index is 11.6. The molecule has 1 aliphatic heterocycles. The lowest BCUT2D eigenvalue weighted by molar-refractivity contribution is -0.133. The SMILES string of the molecule is [CH2]CCCN1CCN(C(=O)[C@H](C)N)CC1. The number of unbranched alkanes of at least 4 members (excludes halogenated alkanes) is 1. The molecule has 1 rings (SSSR count). The topological polar surface area (TPSA) is 49.6 Å². The van der Waals surface area contributed by atoms with E-state index in [-0.39, 0.29) is 11.9 Å². The lowest BCUT2D eigenvalue weighted by Gasteiger charge is -2.35. The van der Waals surface area contributed by atoms with Gasteiger partial charge >= 0.3 is 0 Å². The van der Waals surface area contributed by atoms with Crippen molar-refractivity contribution in [1.82, 2.24) is 9.80 Å². The lowest BCUT2D eigenvalue weighted by Crippen LogP contribution is -2.52. The molecule has 0 unspecified atom stereocenters. The van der Waals surface area contributed by atoms with Gasteiger partial charge in [0.2, 0.25) is 5.91 Å². The van der Waals surface area contributed by atoms with Gasteiger partial charge in [0.1, 0.15) is 0 Å². The fourth-order valence-corrected chi connectivity index (χ4v) is 1.82. The molecule has 1 aliphatic rings. The summed E-state index contributed by atoms with van der Waals surface area (Å²) in [6, 6.07) is -0.364. The second-order valence-corrected chi connectivity index (χ2v) is 4.16. The summed E-state index contributed by atoms with van der Waals surface area (Å²) in [4.78, 5) is 15.8. The molecule has 87 valence electrons. The first-order chi connectivity index (χ1) is 7.15. The Kier molecular flexibility index (Phi) is 5.05. The Morgan fingerprint density at radius 3 is 2.47 bits per heavy atom. The Balaban J connectivity index is 2.26. The average Bonchev–Trinajstić information content (AvgIpc) is 2.26. The number of nitrogens with zero attached hydrogens (tertiary/aromatic N) is 2. The second kappa shape index (κ2) is 6.08. The van der Waals surface area contributed by atoms with Crippen LogP contribution < -0.4 is 5.73 Å². The van der Waals surface area contributed by atoms with Crippen LogP contribution in [0.15, 0.2) is 0 Å². The number of carbonyl (C=O) groups is 1. The van der Waals surface area contributed by atoms with Crippen molar-refractivity contribution in [2.75, 3.05) is 32.7 Å². The van der Waals surface area contributed by atoms with Crippen LogP contribution in [0.1, 0.15) is 19.8 Å². The van der Waals surface area contributed by atoms with Gasteiger partial charge in [0.25, 0.3) is 0 Å². The monoisotopic (exact) mass is 212 g/mol. The molecular formula is C11H22N3O. The number of rotatable bonds is 4. The predicted molar refractivity (Wildman–Crippen MR) is 61.3 cm³/mol. The molecule has 0 aromatic heterocycles. The van der Waals surface area contributed by atoms with Crippen LogP contribution in [-0.2, 0) is 4.79 Å². The Bertz CT molecular complexity index is 198. The summed E-state index contributed by atoms with van der Waals surface area (Å²) in [7, 11) is 0. The van der Waals surface area contributed by atoms with Gasteiger partial charge in [0.05, 0.1) is 6.04 Å². The van der Waals surface area contributed by atoms with Crippen molar-refractivity contribution in [2.45, 2.75) is 25.8 Å². The third-order valence-electron chi connectivity index (χ3n) is 2.80. The molecule has 2 N–H and O–H groups in total. The summed E-state index contributed by atoms with van der Waals surface area (Å²) in [5.74, 6) is 0.0757.